The number of pyridine rings is 1. The van der Waals surface area contributed by atoms with Gasteiger partial charge in [0.2, 0.25) is 0 Å². The number of aromatic nitrogens is 4. The zero-order valence-electron chi connectivity index (χ0n) is 28.4. The van der Waals surface area contributed by atoms with Gasteiger partial charge in [0.05, 0.1) is 22.4 Å². The van der Waals surface area contributed by atoms with E-state index >= 15 is 0 Å². The summed E-state index contributed by atoms with van der Waals surface area (Å²) < 4.78 is 11.0. The monoisotopic (exact) mass is 618 g/mol. The molecule has 0 saturated carbocycles. The molecule has 4 aromatic carbocycles. The van der Waals surface area contributed by atoms with E-state index in [1.54, 1.807) is 0 Å². The molecule has 0 N–H and O–H groups in total. The first-order valence-corrected chi connectivity index (χ1v) is 16.6. The fourth-order valence-corrected chi connectivity index (χ4v) is 6.77. The molecule has 7 rings (SSSR count). The highest BCUT2D eigenvalue weighted by molar-refractivity contribution is 6.09. The van der Waals surface area contributed by atoms with Crippen molar-refractivity contribution in [3.63, 3.8) is 0 Å². The number of hydrogen-bond acceptors (Lipinski definition) is 3. The predicted octanol–water partition coefficient (Wildman–Crippen LogP) is 11.0. The van der Waals surface area contributed by atoms with Crippen LogP contribution in [0.3, 0.4) is 0 Å². The van der Waals surface area contributed by atoms with Crippen molar-refractivity contribution >= 4 is 21.8 Å². The van der Waals surface area contributed by atoms with E-state index in [0.29, 0.717) is 0 Å². The van der Waals surface area contributed by atoms with Crippen molar-refractivity contribution < 1.29 is 4.74 Å². The van der Waals surface area contributed by atoms with E-state index < -0.39 is 0 Å². The summed E-state index contributed by atoms with van der Waals surface area (Å²) in [6.45, 7) is 15.3. The first-order chi connectivity index (χ1) is 22.6. The van der Waals surface area contributed by atoms with Crippen LogP contribution in [0.2, 0.25) is 0 Å². The summed E-state index contributed by atoms with van der Waals surface area (Å²) in [6, 6.07) is 34.4. The highest BCUT2D eigenvalue weighted by Crippen LogP contribution is 2.37. The number of benzene rings is 4. The topological polar surface area (TPSA) is 44.9 Å². The molecule has 0 aliphatic rings. The van der Waals surface area contributed by atoms with Gasteiger partial charge in [0.15, 0.2) is 0 Å². The summed E-state index contributed by atoms with van der Waals surface area (Å²) in [5, 5.41) is 7.37. The molecule has 5 heteroatoms. The third-order valence-electron chi connectivity index (χ3n) is 9.05. The Balaban J connectivity index is 1.33. The number of ether oxygens (including phenoxy) is 1. The lowest BCUT2D eigenvalue weighted by atomic mass is 9.88. The van der Waals surface area contributed by atoms with E-state index in [1.165, 1.54) is 33.0 Å². The van der Waals surface area contributed by atoms with E-state index in [1.807, 2.05) is 16.9 Å². The molecular formula is C42H42N4O. The maximum Gasteiger partial charge on any atom is 0.137 e. The van der Waals surface area contributed by atoms with E-state index in [-0.39, 0.29) is 5.41 Å². The highest BCUT2D eigenvalue weighted by atomic mass is 16.5. The Morgan fingerprint density at radius 3 is 2.32 bits per heavy atom. The second kappa shape index (κ2) is 11.9. The standard InChI is InChI=1S/C42H42N4O/c1-8-12-30-15-18-38-37(23-30)36-17-16-34(26-39(36)45(38)40-24-32(19-20-43-40)42(5,6)7)47-35-22-27(2)21-33(25-35)46-29(4)41(28(3)44-46)31-13-10-9-11-14-31/h9-11,13-26H,8,12H2,1-7H3. The number of nitrogens with zero attached hydrogens (tertiary/aromatic N) is 4. The van der Waals surface area contributed by atoms with Crippen LogP contribution in [0.5, 0.6) is 11.5 Å². The summed E-state index contributed by atoms with van der Waals surface area (Å²) in [5.41, 5.74) is 11.3. The van der Waals surface area contributed by atoms with Gasteiger partial charge in [0.25, 0.3) is 0 Å². The molecule has 0 aliphatic heterocycles. The zero-order valence-corrected chi connectivity index (χ0v) is 28.4. The Bertz CT molecular complexity index is 2250. The molecule has 0 amide bonds. The van der Waals surface area contributed by atoms with Crippen LogP contribution >= 0.6 is 0 Å². The molecule has 236 valence electrons. The van der Waals surface area contributed by atoms with E-state index in [2.05, 4.69) is 144 Å². The molecule has 5 nitrogen and oxygen atoms in total. The first-order valence-electron chi connectivity index (χ1n) is 16.6. The van der Waals surface area contributed by atoms with Gasteiger partial charge in [-0.2, -0.15) is 5.10 Å². The molecule has 0 fully saturated rings. The van der Waals surface area contributed by atoms with Gasteiger partial charge in [0, 0.05) is 40.4 Å². The van der Waals surface area contributed by atoms with Gasteiger partial charge in [-0.3, -0.25) is 4.57 Å². The van der Waals surface area contributed by atoms with Crippen LogP contribution in [0.4, 0.5) is 0 Å². The van der Waals surface area contributed by atoms with Crippen molar-refractivity contribution in [1.82, 2.24) is 19.3 Å². The van der Waals surface area contributed by atoms with Gasteiger partial charge >= 0.3 is 0 Å². The molecule has 0 spiro atoms. The Kier molecular flexibility index (Phi) is 7.71. The van der Waals surface area contributed by atoms with E-state index in [4.69, 9.17) is 14.8 Å². The minimum Gasteiger partial charge on any atom is -0.457 e. The molecule has 0 bridgehead atoms. The second-order valence-electron chi connectivity index (χ2n) is 13.7. The Labute approximate surface area is 277 Å². The van der Waals surface area contributed by atoms with Crippen molar-refractivity contribution in [3.8, 4) is 34.1 Å². The lowest BCUT2D eigenvalue weighted by molar-refractivity contribution is 0.482. The third-order valence-corrected chi connectivity index (χ3v) is 9.05. The number of fused-ring (bicyclic) bond motifs is 3. The van der Waals surface area contributed by atoms with Crippen molar-refractivity contribution in [2.24, 2.45) is 0 Å². The summed E-state index contributed by atoms with van der Waals surface area (Å²) in [7, 11) is 0. The van der Waals surface area contributed by atoms with Crippen LogP contribution in [0.15, 0.2) is 103 Å². The van der Waals surface area contributed by atoms with Crippen molar-refractivity contribution in [3.05, 3.63) is 131 Å². The Morgan fingerprint density at radius 2 is 1.55 bits per heavy atom. The normalized spacial score (nSPS) is 11.9. The maximum absolute atomic E-state index is 6.64. The smallest absolute Gasteiger partial charge is 0.137 e. The van der Waals surface area contributed by atoms with Crippen LogP contribution in [0, 0.1) is 20.8 Å². The van der Waals surface area contributed by atoms with Crippen molar-refractivity contribution in [2.45, 2.75) is 66.7 Å². The first kappa shape index (κ1) is 30.5. The number of aryl methyl sites for hydroxylation is 3. The zero-order chi connectivity index (χ0) is 32.9. The van der Waals surface area contributed by atoms with Gasteiger partial charge in [-0.15, -0.1) is 0 Å². The second-order valence-corrected chi connectivity index (χ2v) is 13.7. The number of rotatable bonds is 7. The SMILES string of the molecule is CCCc1ccc2c(c1)c1ccc(Oc3cc(C)cc(-n4nc(C)c(-c5ccccc5)c4C)c3)cc1n2-c1cc(C(C)(C)C)ccn1. The van der Waals surface area contributed by atoms with Crippen LogP contribution in [0.1, 0.15) is 62.2 Å². The molecule has 0 saturated heterocycles. The molecule has 0 radical (unpaired) electrons. The minimum absolute atomic E-state index is 0.00915. The quantitative estimate of drug-likeness (QED) is 0.178. The average Bonchev–Trinajstić information content (AvgIpc) is 3.53. The molecule has 47 heavy (non-hydrogen) atoms. The Hall–Kier alpha value is -5.16. The average molecular weight is 619 g/mol. The molecule has 3 heterocycles. The maximum atomic E-state index is 6.64. The van der Waals surface area contributed by atoms with E-state index in [9.17, 15) is 0 Å². The van der Waals surface area contributed by atoms with Crippen LogP contribution < -0.4 is 4.74 Å². The Morgan fingerprint density at radius 1 is 0.745 bits per heavy atom. The van der Waals surface area contributed by atoms with Crippen molar-refractivity contribution in [2.75, 3.05) is 0 Å². The van der Waals surface area contributed by atoms with Crippen LogP contribution in [-0.4, -0.2) is 19.3 Å². The van der Waals surface area contributed by atoms with Gasteiger partial charge in [0.1, 0.15) is 17.3 Å². The number of hydrogen-bond donors (Lipinski definition) is 0. The molecule has 3 aromatic heterocycles. The van der Waals surface area contributed by atoms with Crippen LogP contribution in [0.25, 0.3) is 44.4 Å². The lowest BCUT2D eigenvalue weighted by Gasteiger charge is -2.20. The molecule has 7 aromatic rings. The molecular weight excluding hydrogens is 576 g/mol. The predicted molar refractivity (Wildman–Crippen MR) is 195 cm³/mol. The fourth-order valence-electron chi connectivity index (χ4n) is 6.77. The van der Waals surface area contributed by atoms with Gasteiger partial charge < -0.3 is 4.74 Å². The lowest BCUT2D eigenvalue weighted by Crippen LogP contribution is -2.12. The summed E-state index contributed by atoms with van der Waals surface area (Å²) in [6.07, 6.45) is 4.09. The van der Waals surface area contributed by atoms with Gasteiger partial charge in [-0.05, 0) is 103 Å². The van der Waals surface area contributed by atoms with E-state index in [0.717, 1.165) is 63.8 Å². The third kappa shape index (κ3) is 5.71. The van der Waals surface area contributed by atoms with Crippen molar-refractivity contribution in [1.29, 1.82) is 0 Å². The summed E-state index contributed by atoms with van der Waals surface area (Å²) >= 11 is 0. The summed E-state index contributed by atoms with van der Waals surface area (Å²) in [4.78, 5) is 4.88. The highest BCUT2D eigenvalue weighted by Gasteiger charge is 2.19. The van der Waals surface area contributed by atoms with Gasteiger partial charge in [-0.1, -0.05) is 70.5 Å². The largest absolute Gasteiger partial charge is 0.457 e. The van der Waals surface area contributed by atoms with Crippen LogP contribution in [-0.2, 0) is 11.8 Å². The molecule has 0 unspecified atom stereocenters. The molecule has 0 atom stereocenters. The summed E-state index contributed by atoms with van der Waals surface area (Å²) in [5.74, 6) is 2.46. The minimum atomic E-state index is 0.00915. The van der Waals surface area contributed by atoms with Gasteiger partial charge in [-0.25, -0.2) is 9.67 Å². The molecule has 0 aliphatic carbocycles. The fraction of sp³-hybridized carbons (Fsp3) is 0.238.